The van der Waals surface area contributed by atoms with E-state index in [0.29, 0.717) is 36.4 Å². The first kappa shape index (κ1) is 26.5. The zero-order chi connectivity index (χ0) is 27.5. The summed E-state index contributed by atoms with van der Waals surface area (Å²) < 4.78 is 17.4. The van der Waals surface area contributed by atoms with Gasteiger partial charge in [0.15, 0.2) is 5.82 Å². The van der Waals surface area contributed by atoms with E-state index in [-0.39, 0.29) is 17.6 Å². The maximum Gasteiger partial charge on any atom is 0.224 e. The van der Waals surface area contributed by atoms with Crippen LogP contribution in [0.25, 0.3) is 11.4 Å². The number of benzene rings is 1. The van der Waals surface area contributed by atoms with Gasteiger partial charge >= 0.3 is 0 Å². The average Bonchev–Trinajstić information content (AvgIpc) is 3.66. The van der Waals surface area contributed by atoms with Gasteiger partial charge in [-0.25, -0.2) is 14.6 Å². The summed E-state index contributed by atoms with van der Waals surface area (Å²) in [7, 11) is 2.04. The third-order valence-electron chi connectivity index (χ3n) is 9.22. The van der Waals surface area contributed by atoms with Crippen LogP contribution in [0.3, 0.4) is 0 Å². The number of hydrogen-bond donors (Lipinski definition) is 2. The van der Waals surface area contributed by atoms with Crippen LogP contribution in [-0.2, 0) is 5.60 Å². The van der Waals surface area contributed by atoms with Gasteiger partial charge in [-0.05, 0) is 68.7 Å². The standard InChI is InChI=1S/C31H40FN5O2/c1-19(2)20-5-9-22(10-6-20)31(39,30(3)17-36(4)18-30)23-15-26(27(32)33-16-23)28-34-29(37(35-28)24-11-12-24)21-7-13-25(38)14-8-21/h5-6,9-10,15-16,19,21,24-25,38-39H,7-8,11-14,17-18H2,1-4H3. The zero-order valence-corrected chi connectivity index (χ0v) is 23.4. The molecule has 8 heteroatoms. The fraction of sp³-hybridized carbons (Fsp3) is 0.581. The van der Waals surface area contributed by atoms with Gasteiger partial charge in [0.25, 0.3) is 0 Å². The number of hydrogen-bond acceptors (Lipinski definition) is 6. The molecule has 3 aliphatic rings. The van der Waals surface area contributed by atoms with Crippen LogP contribution in [0, 0.1) is 11.4 Å². The van der Waals surface area contributed by atoms with E-state index in [0.717, 1.165) is 49.9 Å². The SMILES string of the molecule is CC(C)c1ccc(C(O)(c2cnc(F)c(-c3nc(C4CCC(O)CC4)n(C4CC4)n3)c2)C2(C)CN(C)C2)cc1. The first-order valence-corrected chi connectivity index (χ1v) is 14.4. The summed E-state index contributed by atoms with van der Waals surface area (Å²) in [6.07, 6.45) is 6.51. The van der Waals surface area contributed by atoms with Gasteiger partial charge in [-0.15, -0.1) is 0 Å². The Hall–Kier alpha value is -2.68. The van der Waals surface area contributed by atoms with E-state index in [4.69, 9.17) is 10.1 Å². The van der Waals surface area contributed by atoms with E-state index in [1.165, 1.54) is 11.8 Å². The van der Waals surface area contributed by atoms with E-state index >= 15 is 4.39 Å². The molecule has 2 aromatic heterocycles. The molecule has 2 saturated carbocycles. The number of nitrogens with zero attached hydrogens (tertiary/aromatic N) is 5. The number of aromatic nitrogens is 4. The molecule has 2 aliphatic carbocycles. The van der Waals surface area contributed by atoms with Gasteiger partial charge in [0.05, 0.1) is 17.7 Å². The number of aliphatic hydroxyl groups excluding tert-OH is 1. The Balaban J connectivity index is 1.43. The molecule has 1 unspecified atom stereocenters. The van der Waals surface area contributed by atoms with Crippen molar-refractivity contribution >= 4 is 0 Å². The number of halogens is 1. The highest BCUT2D eigenvalue weighted by atomic mass is 19.1. The van der Waals surface area contributed by atoms with Crippen LogP contribution in [0.1, 0.15) is 99.7 Å². The highest BCUT2D eigenvalue weighted by Crippen LogP contribution is 2.51. The molecule has 3 heterocycles. The number of likely N-dealkylation sites (tertiary alicyclic amines) is 1. The van der Waals surface area contributed by atoms with Crippen LogP contribution < -0.4 is 0 Å². The monoisotopic (exact) mass is 533 g/mol. The highest BCUT2D eigenvalue weighted by molar-refractivity contribution is 5.57. The molecule has 0 radical (unpaired) electrons. The molecular formula is C31H40FN5O2. The van der Waals surface area contributed by atoms with Crippen molar-refractivity contribution in [1.82, 2.24) is 24.6 Å². The third-order valence-corrected chi connectivity index (χ3v) is 9.22. The molecule has 208 valence electrons. The molecule has 6 rings (SSSR count). The summed E-state index contributed by atoms with van der Waals surface area (Å²) in [4.78, 5) is 11.2. The van der Waals surface area contributed by atoms with Crippen molar-refractivity contribution < 1.29 is 14.6 Å². The van der Waals surface area contributed by atoms with E-state index in [1.807, 2.05) is 23.9 Å². The van der Waals surface area contributed by atoms with Crippen LogP contribution in [0.5, 0.6) is 0 Å². The van der Waals surface area contributed by atoms with Gasteiger partial charge < -0.3 is 15.1 Å². The molecular weight excluding hydrogens is 493 g/mol. The van der Waals surface area contributed by atoms with Gasteiger partial charge in [-0.1, -0.05) is 45.0 Å². The molecule has 0 amide bonds. The first-order chi connectivity index (χ1) is 18.6. The molecule has 3 fully saturated rings. The Kier molecular flexibility index (Phi) is 6.63. The lowest BCUT2D eigenvalue weighted by molar-refractivity contribution is -0.127. The number of pyridine rings is 1. The summed E-state index contributed by atoms with van der Waals surface area (Å²) in [6.45, 7) is 7.79. The summed E-state index contributed by atoms with van der Waals surface area (Å²) in [5, 5.41) is 27.4. The molecule has 1 atom stereocenters. The second kappa shape index (κ2) is 9.75. The van der Waals surface area contributed by atoms with Gasteiger partial charge in [0, 0.05) is 36.2 Å². The lowest BCUT2D eigenvalue weighted by atomic mass is 9.62. The lowest BCUT2D eigenvalue weighted by Crippen LogP contribution is -2.63. The smallest absolute Gasteiger partial charge is 0.224 e. The van der Waals surface area contributed by atoms with E-state index in [2.05, 4.69) is 42.8 Å². The first-order valence-electron chi connectivity index (χ1n) is 14.4. The van der Waals surface area contributed by atoms with Crippen LogP contribution in [0.2, 0.25) is 0 Å². The molecule has 3 aromatic rings. The van der Waals surface area contributed by atoms with Crippen LogP contribution in [-0.4, -0.2) is 61.1 Å². The van der Waals surface area contributed by atoms with E-state index in [1.54, 1.807) is 6.07 Å². The normalized spacial score (nSPS) is 24.9. The lowest BCUT2D eigenvalue weighted by Gasteiger charge is -2.55. The molecule has 1 saturated heterocycles. The summed E-state index contributed by atoms with van der Waals surface area (Å²) in [5.74, 6) is 1.16. The fourth-order valence-corrected chi connectivity index (χ4v) is 6.80. The molecule has 0 spiro atoms. The van der Waals surface area contributed by atoms with Crippen LogP contribution in [0.15, 0.2) is 36.5 Å². The maximum atomic E-state index is 15.4. The third kappa shape index (κ3) is 4.60. The Morgan fingerprint density at radius 1 is 1.03 bits per heavy atom. The number of rotatable bonds is 7. The van der Waals surface area contributed by atoms with Crippen molar-refractivity contribution in [2.75, 3.05) is 20.1 Å². The Morgan fingerprint density at radius 2 is 1.69 bits per heavy atom. The molecule has 1 aromatic carbocycles. The van der Waals surface area contributed by atoms with E-state index in [9.17, 15) is 10.2 Å². The van der Waals surface area contributed by atoms with Gasteiger partial charge in [-0.2, -0.15) is 9.49 Å². The van der Waals surface area contributed by atoms with Crippen molar-refractivity contribution in [2.45, 2.75) is 88.9 Å². The van der Waals surface area contributed by atoms with Crippen molar-refractivity contribution in [2.24, 2.45) is 5.41 Å². The van der Waals surface area contributed by atoms with Crippen molar-refractivity contribution in [3.8, 4) is 11.4 Å². The van der Waals surface area contributed by atoms with Crippen molar-refractivity contribution in [3.63, 3.8) is 0 Å². The zero-order valence-electron chi connectivity index (χ0n) is 23.4. The molecule has 7 nitrogen and oxygen atoms in total. The quantitative estimate of drug-likeness (QED) is 0.409. The molecule has 2 N–H and O–H groups in total. The Morgan fingerprint density at radius 3 is 2.28 bits per heavy atom. The average molecular weight is 534 g/mol. The Bertz CT molecular complexity index is 1340. The number of aliphatic hydroxyl groups is 2. The van der Waals surface area contributed by atoms with E-state index < -0.39 is 17.0 Å². The highest BCUT2D eigenvalue weighted by Gasteiger charge is 2.55. The molecule has 1 aliphatic heterocycles. The summed E-state index contributed by atoms with van der Waals surface area (Å²) >= 11 is 0. The topological polar surface area (TPSA) is 87.3 Å². The minimum Gasteiger partial charge on any atom is -0.393 e. The second-order valence-corrected chi connectivity index (χ2v) is 12.8. The summed E-state index contributed by atoms with van der Waals surface area (Å²) in [6, 6.07) is 10.1. The van der Waals surface area contributed by atoms with Gasteiger partial charge in [-0.3, -0.25) is 0 Å². The predicted octanol–water partition coefficient (Wildman–Crippen LogP) is 5.14. The maximum absolute atomic E-state index is 15.4. The van der Waals surface area contributed by atoms with Crippen LogP contribution >= 0.6 is 0 Å². The second-order valence-electron chi connectivity index (χ2n) is 12.8. The van der Waals surface area contributed by atoms with Crippen molar-refractivity contribution in [3.05, 3.63) is 65.0 Å². The molecule has 0 bridgehead atoms. The minimum absolute atomic E-state index is 0.204. The van der Waals surface area contributed by atoms with Gasteiger partial charge in [0.2, 0.25) is 5.95 Å². The minimum atomic E-state index is -1.37. The fourth-order valence-electron chi connectivity index (χ4n) is 6.80. The van der Waals surface area contributed by atoms with Crippen LogP contribution in [0.4, 0.5) is 4.39 Å². The largest absolute Gasteiger partial charge is 0.393 e. The summed E-state index contributed by atoms with van der Waals surface area (Å²) in [5.41, 5.74) is 0.903. The Labute approximate surface area is 230 Å². The predicted molar refractivity (Wildman–Crippen MR) is 148 cm³/mol. The van der Waals surface area contributed by atoms with Gasteiger partial charge in [0.1, 0.15) is 11.4 Å². The van der Waals surface area contributed by atoms with Crippen molar-refractivity contribution in [1.29, 1.82) is 0 Å². The molecule has 39 heavy (non-hydrogen) atoms.